The number of hydrogen-bond donors (Lipinski definition) is 1. The zero-order chi connectivity index (χ0) is 18.0. The molecule has 3 rings (SSSR count). The van der Waals surface area contributed by atoms with E-state index in [0.717, 1.165) is 24.3 Å². The highest BCUT2D eigenvalue weighted by molar-refractivity contribution is 7.92. The van der Waals surface area contributed by atoms with E-state index < -0.39 is 10.0 Å². The fourth-order valence-electron chi connectivity index (χ4n) is 3.20. The Kier molecular flexibility index (Phi) is 4.90. The summed E-state index contributed by atoms with van der Waals surface area (Å²) >= 11 is 0. The van der Waals surface area contributed by atoms with Crippen LogP contribution >= 0.6 is 0 Å². The van der Waals surface area contributed by atoms with Crippen LogP contribution < -0.4 is 14.4 Å². The molecule has 0 saturated carbocycles. The molecule has 0 amide bonds. The fraction of sp³-hybridized carbons (Fsp3) is 0.368. The summed E-state index contributed by atoms with van der Waals surface area (Å²) < 4.78 is 33.4. The average Bonchev–Trinajstić information content (AvgIpc) is 3.11. The summed E-state index contributed by atoms with van der Waals surface area (Å²) in [7, 11) is -2.06. The van der Waals surface area contributed by atoms with Gasteiger partial charge in [-0.2, -0.15) is 0 Å². The maximum Gasteiger partial charge on any atom is 0.262 e. The first-order chi connectivity index (χ1) is 11.9. The monoisotopic (exact) mass is 360 g/mol. The van der Waals surface area contributed by atoms with Gasteiger partial charge >= 0.3 is 0 Å². The van der Waals surface area contributed by atoms with E-state index in [1.54, 1.807) is 26.2 Å². The zero-order valence-corrected chi connectivity index (χ0v) is 15.7. The molecule has 2 aromatic carbocycles. The van der Waals surface area contributed by atoms with Crippen LogP contribution in [0.5, 0.6) is 5.75 Å². The number of ether oxygens (including phenoxy) is 1. The van der Waals surface area contributed by atoms with Crippen LogP contribution in [-0.4, -0.2) is 28.6 Å². The second kappa shape index (κ2) is 6.96. The van der Waals surface area contributed by atoms with Crippen LogP contribution in [0.4, 0.5) is 11.4 Å². The first kappa shape index (κ1) is 17.6. The maximum atomic E-state index is 12.8. The Morgan fingerprint density at radius 3 is 2.24 bits per heavy atom. The minimum absolute atomic E-state index is 0.273. The maximum absolute atomic E-state index is 12.8. The molecular formula is C19H24N2O3S. The van der Waals surface area contributed by atoms with Gasteiger partial charge in [0.05, 0.1) is 12.0 Å². The lowest BCUT2D eigenvalue weighted by atomic mass is 10.1. The molecule has 1 saturated heterocycles. The standard InChI is InChI=1S/C19H24N2O3S/c1-14-13-19(15(2)12-18(14)24-3)25(22,23)20-16-6-8-17(9-7-16)21-10-4-5-11-21/h6-9,12-13,20H,4-5,10-11H2,1-3H3. The van der Waals surface area contributed by atoms with Gasteiger partial charge in [-0.1, -0.05) is 0 Å². The van der Waals surface area contributed by atoms with Crippen molar-refractivity contribution >= 4 is 21.4 Å². The minimum Gasteiger partial charge on any atom is -0.496 e. The van der Waals surface area contributed by atoms with Crippen molar-refractivity contribution in [1.29, 1.82) is 0 Å². The van der Waals surface area contributed by atoms with E-state index in [1.807, 2.05) is 31.2 Å². The summed E-state index contributed by atoms with van der Waals surface area (Å²) in [5.41, 5.74) is 3.15. The van der Waals surface area contributed by atoms with Crippen molar-refractivity contribution in [3.63, 3.8) is 0 Å². The summed E-state index contributed by atoms with van der Waals surface area (Å²) in [5, 5.41) is 0. The normalized spacial score (nSPS) is 14.6. The highest BCUT2D eigenvalue weighted by Crippen LogP contribution is 2.28. The number of rotatable bonds is 5. The zero-order valence-electron chi connectivity index (χ0n) is 14.9. The lowest BCUT2D eigenvalue weighted by Gasteiger charge is -2.18. The molecule has 134 valence electrons. The van der Waals surface area contributed by atoms with Crippen molar-refractivity contribution in [3.05, 3.63) is 47.5 Å². The molecule has 0 unspecified atom stereocenters. The lowest BCUT2D eigenvalue weighted by molar-refractivity contribution is 0.411. The molecule has 6 heteroatoms. The Morgan fingerprint density at radius 1 is 1.00 bits per heavy atom. The van der Waals surface area contributed by atoms with Crippen LogP contribution in [0.1, 0.15) is 24.0 Å². The van der Waals surface area contributed by atoms with Crippen LogP contribution in [0, 0.1) is 13.8 Å². The first-order valence-electron chi connectivity index (χ1n) is 8.44. The topological polar surface area (TPSA) is 58.6 Å². The van der Waals surface area contributed by atoms with Crippen LogP contribution in [0.25, 0.3) is 0 Å². The number of aryl methyl sites for hydroxylation is 2. The SMILES string of the molecule is COc1cc(C)c(S(=O)(=O)Nc2ccc(N3CCCC3)cc2)cc1C. The number of benzene rings is 2. The van der Waals surface area contributed by atoms with Gasteiger partial charge in [-0.15, -0.1) is 0 Å². The van der Waals surface area contributed by atoms with Gasteiger partial charge in [0.15, 0.2) is 0 Å². The third kappa shape index (κ3) is 3.74. The fourth-order valence-corrected chi connectivity index (χ4v) is 4.57. The van der Waals surface area contributed by atoms with Gasteiger partial charge in [0, 0.05) is 24.5 Å². The van der Waals surface area contributed by atoms with Crippen molar-refractivity contribution < 1.29 is 13.2 Å². The van der Waals surface area contributed by atoms with Gasteiger partial charge < -0.3 is 9.64 Å². The summed E-state index contributed by atoms with van der Waals surface area (Å²) in [6, 6.07) is 11.0. The van der Waals surface area contributed by atoms with Crippen LogP contribution in [0.2, 0.25) is 0 Å². The Hall–Kier alpha value is -2.21. The number of anilines is 2. The third-order valence-electron chi connectivity index (χ3n) is 4.57. The average molecular weight is 360 g/mol. The summed E-state index contributed by atoms with van der Waals surface area (Å²) in [5.74, 6) is 0.686. The molecule has 0 spiro atoms. The lowest BCUT2D eigenvalue weighted by Crippen LogP contribution is -2.18. The molecule has 0 bridgehead atoms. The summed E-state index contributed by atoms with van der Waals surface area (Å²) in [6.45, 7) is 5.74. The highest BCUT2D eigenvalue weighted by atomic mass is 32.2. The molecule has 25 heavy (non-hydrogen) atoms. The Labute approximate surface area is 149 Å². The Morgan fingerprint density at radius 2 is 1.64 bits per heavy atom. The summed E-state index contributed by atoms with van der Waals surface area (Å²) in [6.07, 6.45) is 2.43. The number of sulfonamides is 1. The van der Waals surface area contributed by atoms with Gasteiger partial charge in [0.2, 0.25) is 0 Å². The molecular weight excluding hydrogens is 336 g/mol. The minimum atomic E-state index is -3.64. The van der Waals surface area contributed by atoms with Crippen molar-refractivity contribution in [1.82, 2.24) is 0 Å². The second-order valence-corrected chi connectivity index (χ2v) is 8.08. The first-order valence-corrected chi connectivity index (χ1v) is 9.92. The Balaban J connectivity index is 1.83. The van der Waals surface area contributed by atoms with Crippen molar-refractivity contribution in [2.45, 2.75) is 31.6 Å². The van der Waals surface area contributed by atoms with E-state index in [1.165, 1.54) is 12.8 Å². The third-order valence-corrected chi connectivity index (χ3v) is 6.10. The van der Waals surface area contributed by atoms with E-state index in [9.17, 15) is 8.42 Å². The molecule has 1 aliphatic rings. The van der Waals surface area contributed by atoms with Gasteiger partial charge in [-0.3, -0.25) is 4.72 Å². The molecule has 0 aliphatic carbocycles. The second-order valence-electron chi connectivity index (χ2n) is 6.43. The predicted octanol–water partition coefficient (Wildman–Crippen LogP) is 3.71. The number of nitrogens with one attached hydrogen (secondary N) is 1. The molecule has 1 heterocycles. The largest absolute Gasteiger partial charge is 0.496 e. The van der Waals surface area contributed by atoms with Crippen molar-refractivity contribution in [2.75, 3.05) is 29.8 Å². The van der Waals surface area contributed by atoms with E-state index >= 15 is 0 Å². The molecule has 0 radical (unpaired) electrons. The van der Waals surface area contributed by atoms with Crippen molar-refractivity contribution in [3.8, 4) is 5.75 Å². The van der Waals surface area contributed by atoms with Crippen molar-refractivity contribution in [2.24, 2.45) is 0 Å². The Bertz CT molecular complexity index is 855. The molecule has 0 atom stereocenters. The molecule has 5 nitrogen and oxygen atoms in total. The van der Waals surface area contributed by atoms with Gasteiger partial charge in [0.1, 0.15) is 5.75 Å². The van der Waals surface area contributed by atoms with Gasteiger partial charge in [-0.25, -0.2) is 8.42 Å². The number of methoxy groups -OCH3 is 1. The van der Waals surface area contributed by atoms with E-state index in [4.69, 9.17) is 4.74 Å². The number of hydrogen-bond acceptors (Lipinski definition) is 4. The van der Waals surface area contributed by atoms with Gasteiger partial charge in [-0.05, 0) is 74.2 Å². The van der Waals surface area contributed by atoms with E-state index in [0.29, 0.717) is 17.0 Å². The molecule has 0 aromatic heterocycles. The quantitative estimate of drug-likeness (QED) is 0.883. The summed E-state index contributed by atoms with van der Waals surface area (Å²) in [4.78, 5) is 2.59. The molecule has 1 N–H and O–H groups in total. The van der Waals surface area contributed by atoms with E-state index in [-0.39, 0.29) is 4.90 Å². The van der Waals surface area contributed by atoms with Gasteiger partial charge in [0.25, 0.3) is 10.0 Å². The van der Waals surface area contributed by atoms with E-state index in [2.05, 4.69) is 9.62 Å². The molecule has 1 fully saturated rings. The van der Waals surface area contributed by atoms with Crippen LogP contribution in [0.3, 0.4) is 0 Å². The smallest absolute Gasteiger partial charge is 0.262 e. The molecule has 2 aromatic rings. The highest BCUT2D eigenvalue weighted by Gasteiger charge is 2.19. The predicted molar refractivity (Wildman–Crippen MR) is 101 cm³/mol. The molecule has 1 aliphatic heterocycles. The van der Waals surface area contributed by atoms with Crippen LogP contribution in [-0.2, 0) is 10.0 Å². The number of nitrogens with zero attached hydrogens (tertiary/aromatic N) is 1. The van der Waals surface area contributed by atoms with Crippen LogP contribution in [0.15, 0.2) is 41.3 Å².